The van der Waals surface area contributed by atoms with Gasteiger partial charge in [-0.15, -0.1) is 0 Å². The molecule has 1 aliphatic heterocycles. The minimum atomic E-state index is -0.218. The number of rotatable bonds is 10. The fourth-order valence-electron chi connectivity index (χ4n) is 5.00. The standard InChI is InChI=1S/C32H33N5O3/c38-32(26-9-11-28(12-10-26)40-18-4-14-36-16-19-39-20-17-36)33-31-22-29(34-35-31)27-8-7-25-13-15-37(30(25)21-27)23-24-5-2-1-3-6-24/h1-3,5-13,15,21-22H,4,14,16-20,23H2,(H2,33,34,35,38). The summed E-state index contributed by atoms with van der Waals surface area (Å²) in [6.07, 6.45) is 3.07. The Kier molecular flexibility index (Phi) is 7.88. The van der Waals surface area contributed by atoms with Gasteiger partial charge in [-0.05, 0) is 53.8 Å². The number of nitrogens with one attached hydrogen (secondary N) is 2. The second kappa shape index (κ2) is 12.2. The summed E-state index contributed by atoms with van der Waals surface area (Å²) < 4.78 is 13.5. The lowest BCUT2D eigenvalue weighted by atomic mass is 10.1. The highest BCUT2D eigenvalue weighted by Gasteiger charge is 2.12. The first-order chi connectivity index (χ1) is 19.7. The zero-order valence-corrected chi connectivity index (χ0v) is 22.4. The Hall–Kier alpha value is -4.40. The van der Waals surface area contributed by atoms with Crippen molar-refractivity contribution in [3.8, 4) is 17.0 Å². The number of hydrogen-bond donors (Lipinski definition) is 2. The molecule has 204 valence electrons. The first-order valence-corrected chi connectivity index (χ1v) is 13.7. The molecule has 8 nitrogen and oxygen atoms in total. The third-order valence-corrected chi connectivity index (χ3v) is 7.21. The van der Waals surface area contributed by atoms with Crippen LogP contribution in [0.15, 0.2) is 91.1 Å². The van der Waals surface area contributed by atoms with Gasteiger partial charge in [-0.1, -0.05) is 42.5 Å². The van der Waals surface area contributed by atoms with Crippen LogP contribution in [0.5, 0.6) is 5.75 Å². The minimum Gasteiger partial charge on any atom is -0.494 e. The number of morpholine rings is 1. The highest BCUT2D eigenvalue weighted by atomic mass is 16.5. The third-order valence-electron chi connectivity index (χ3n) is 7.21. The van der Waals surface area contributed by atoms with E-state index in [1.807, 2.05) is 24.3 Å². The molecule has 0 atom stereocenters. The number of anilines is 1. The molecule has 1 amide bonds. The van der Waals surface area contributed by atoms with Gasteiger partial charge >= 0.3 is 0 Å². The molecule has 0 saturated carbocycles. The smallest absolute Gasteiger partial charge is 0.256 e. The van der Waals surface area contributed by atoms with E-state index in [2.05, 4.69) is 79.7 Å². The molecular formula is C32H33N5O3. The lowest BCUT2D eigenvalue weighted by molar-refractivity contribution is 0.0358. The van der Waals surface area contributed by atoms with Gasteiger partial charge in [0.15, 0.2) is 5.82 Å². The first-order valence-electron chi connectivity index (χ1n) is 13.7. The van der Waals surface area contributed by atoms with Crippen molar-refractivity contribution in [1.29, 1.82) is 0 Å². The summed E-state index contributed by atoms with van der Waals surface area (Å²) in [5.41, 5.74) is 4.78. The van der Waals surface area contributed by atoms with Crippen LogP contribution in [-0.4, -0.2) is 65.0 Å². The number of carbonyl (C=O) groups is 1. The van der Waals surface area contributed by atoms with Crippen LogP contribution in [0.2, 0.25) is 0 Å². The van der Waals surface area contributed by atoms with Crippen molar-refractivity contribution in [2.45, 2.75) is 13.0 Å². The lowest BCUT2D eigenvalue weighted by Gasteiger charge is -2.26. The Morgan fingerprint density at radius 2 is 1.80 bits per heavy atom. The Morgan fingerprint density at radius 1 is 0.975 bits per heavy atom. The van der Waals surface area contributed by atoms with E-state index in [1.54, 1.807) is 12.1 Å². The summed E-state index contributed by atoms with van der Waals surface area (Å²) in [4.78, 5) is 15.2. The molecule has 2 N–H and O–H groups in total. The summed E-state index contributed by atoms with van der Waals surface area (Å²) in [6.45, 7) is 6.04. The maximum Gasteiger partial charge on any atom is 0.256 e. The van der Waals surface area contributed by atoms with E-state index in [9.17, 15) is 4.79 Å². The van der Waals surface area contributed by atoms with Gasteiger partial charge in [-0.25, -0.2) is 0 Å². The minimum absolute atomic E-state index is 0.218. The van der Waals surface area contributed by atoms with Gasteiger partial charge in [0.1, 0.15) is 5.75 Å². The SMILES string of the molecule is O=C(Nc1cc(-c2ccc3ccn(Cc4ccccc4)c3c2)[nH]n1)c1ccc(OCCCN2CCOCC2)cc1. The van der Waals surface area contributed by atoms with E-state index in [1.165, 1.54) is 10.9 Å². The number of ether oxygens (including phenoxy) is 2. The number of amides is 1. The van der Waals surface area contributed by atoms with Crippen molar-refractivity contribution in [1.82, 2.24) is 19.7 Å². The fourth-order valence-corrected chi connectivity index (χ4v) is 5.00. The molecule has 5 aromatic rings. The molecule has 0 radical (unpaired) electrons. The quantitative estimate of drug-likeness (QED) is 0.233. The molecule has 3 aromatic carbocycles. The van der Waals surface area contributed by atoms with Crippen LogP contribution in [-0.2, 0) is 11.3 Å². The Labute approximate surface area is 233 Å². The molecule has 3 heterocycles. The first kappa shape index (κ1) is 25.9. The number of benzene rings is 3. The molecule has 1 aliphatic rings. The van der Waals surface area contributed by atoms with E-state index in [-0.39, 0.29) is 5.91 Å². The van der Waals surface area contributed by atoms with Gasteiger partial charge in [0.05, 0.1) is 25.5 Å². The number of carbonyl (C=O) groups excluding carboxylic acids is 1. The summed E-state index contributed by atoms with van der Waals surface area (Å²) in [7, 11) is 0. The van der Waals surface area contributed by atoms with Gasteiger partial charge in [0.2, 0.25) is 0 Å². The zero-order valence-electron chi connectivity index (χ0n) is 22.4. The Morgan fingerprint density at radius 3 is 2.62 bits per heavy atom. The number of hydrogen-bond acceptors (Lipinski definition) is 5. The average Bonchev–Trinajstić information content (AvgIpc) is 3.63. The summed E-state index contributed by atoms with van der Waals surface area (Å²) in [5.74, 6) is 1.01. The highest BCUT2D eigenvalue weighted by molar-refractivity contribution is 6.04. The second-order valence-corrected chi connectivity index (χ2v) is 10.0. The van der Waals surface area contributed by atoms with Crippen LogP contribution in [0.25, 0.3) is 22.2 Å². The number of fused-ring (bicyclic) bond motifs is 1. The van der Waals surface area contributed by atoms with Crippen molar-refractivity contribution in [2.24, 2.45) is 0 Å². The van der Waals surface area contributed by atoms with E-state index < -0.39 is 0 Å². The fraction of sp³-hybridized carbons (Fsp3) is 0.250. The molecule has 1 saturated heterocycles. The average molecular weight is 536 g/mol. The van der Waals surface area contributed by atoms with Gasteiger partial charge in [-0.3, -0.25) is 14.8 Å². The summed E-state index contributed by atoms with van der Waals surface area (Å²) in [6, 6.07) is 27.9. The number of nitrogens with zero attached hydrogens (tertiary/aromatic N) is 3. The molecule has 0 aliphatic carbocycles. The molecular weight excluding hydrogens is 502 g/mol. The molecule has 2 aromatic heterocycles. The zero-order chi connectivity index (χ0) is 27.1. The van der Waals surface area contributed by atoms with E-state index in [4.69, 9.17) is 9.47 Å². The molecule has 8 heteroatoms. The van der Waals surface area contributed by atoms with Crippen LogP contribution in [0.4, 0.5) is 5.82 Å². The van der Waals surface area contributed by atoms with E-state index in [0.29, 0.717) is 18.0 Å². The number of H-pyrrole nitrogens is 1. The molecule has 0 spiro atoms. The van der Waals surface area contributed by atoms with Crippen molar-refractivity contribution in [2.75, 3.05) is 44.8 Å². The molecule has 6 rings (SSSR count). The maximum atomic E-state index is 12.8. The van der Waals surface area contributed by atoms with Gasteiger partial charge in [0.25, 0.3) is 5.91 Å². The third kappa shape index (κ3) is 6.25. The Bertz CT molecular complexity index is 1550. The van der Waals surface area contributed by atoms with Crippen LogP contribution in [0.3, 0.4) is 0 Å². The number of aromatic amines is 1. The maximum absolute atomic E-state index is 12.8. The van der Waals surface area contributed by atoms with Crippen molar-refractivity contribution in [3.05, 3.63) is 102 Å². The monoisotopic (exact) mass is 535 g/mol. The number of aromatic nitrogens is 3. The van der Waals surface area contributed by atoms with E-state index >= 15 is 0 Å². The largest absolute Gasteiger partial charge is 0.494 e. The van der Waals surface area contributed by atoms with Crippen LogP contribution in [0, 0.1) is 0 Å². The van der Waals surface area contributed by atoms with Gasteiger partial charge in [0, 0.05) is 55.1 Å². The Balaban J connectivity index is 1.05. The van der Waals surface area contributed by atoms with Crippen LogP contribution < -0.4 is 10.1 Å². The van der Waals surface area contributed by atoms with E-state index in [0.717, 1.165) is 68.3 Å². The highest BCUT2D eigenvalue weighted by Crippen LogP contribution is 2.26. The van der Waals surface area contributed by atoms with Crippen LogP contribution in [0.1, 0.15) is 22.3 Å². The molecule has 40 heavy (non-hydrogen) atoms. The van der Waals surface area contributed by atoms with Crippen molar-refractivity contribution < 1.29 is 14.3 Å². The molecule has 0 unspecified atom stereocenters. The predicted molar refractivity (Wildman–Crippen MR) is 157 cm³/mol. The lowest BCUT2D eigenvalue weighted by Crippen LogP contribution is -2.37. The van der Waals surface area contributed by atoms with Crippen molar-refractivity contribution >= 4 is 22.6 Å². The summed E-state index contributed by atoms with van der Waals surface area (Å²) >= 11 is 0. The van der Waals surface area contributed by atoms with Gasteiger partial charge < -0.3 is 19.4 Å². The molecule has 1 fully saturated rings. The van der Waals surface area contributed by atoms with Gasteiger partial charge in [-0.2, -0.15) is 5.10 Å². The topological polar surface area (TPSA) is 84.4 Å². The molecule has 0 bridgehead atoms. The second-order valence-electron chi connectivity index (χ2n) is 10.0. The van der Waals surface area contributed by atoms with Crippen molar-refractivity contribution in [3.63, 3.8) is 0 Å². The summed E-state index contributed by atoms with van der Waals surface area (Å²) in [5, 5.41) is 11.5. The van der Waals surface area contributed by atoms with Crippen LogP contribution >= 0.6 is 0 Å². The normalized spacial score (nSPS) is 13.9. The predicted octanol–water partition coefficient (Wildman–Crippen LogP) is 5.43.